The van der Waals surface area contributed by atoms with Crippen molar-refractivity contribution in [2.45, 2.75) is 44.6 Å². The Balaban J connectivity index is 1.38. The van der Waals surface area contributed by atoms with E-state index in [0.29, 0.717) is 29.7 Å². The minimum absolute atomic E-state index is 0.0695. The molecule has 0 bridgehead atoms. The molecule has 3 aliphatic heterocycles. The molecule has 146 valence electrons. The van der Waals surface area contributed by atoms with Crippen molar-refractivity contribution in [3.63, 3.8) is 0 Å². The van der Waals surface area contributed by atoms with Crippen molar-refractivity contribution in [2.24, 2.45) is 0 Å². The summed E-state index contributed by atoms with van der Waals surface area (Å²) in [7, 11) is 0. The highest BCUT2D eigenvalue weighted by molar-refractivity contribution is 6.34. The Labute approximate surface area is 165 Å². The third-order valence-electron chi connectivity index (χ3n) is 5.90. The first-order chi connectivity index (χ1) is 13.1. The van der Waals surface area contributed by atoms with Crippen LogP contribution < -0.4 is 10.2 Å². The smallest absolute Gasteiger partial charge is 0.321 e. The normalized spacial score (nSPS) is 23.9. The average molecular weight is 391 g/mol. The SMILES string of the molecule is O=C(Nc1ccc(N2CCCC2=O)c(Cl)c1)N1CCC[C@@H](N2CCCC2)C1. The molecule has 0 unspecified atom stereocenters. The number of nitrogens with one attached hydrogen (secondary N) is 1. The van der Waals surface area contributed by atoms with Crippen LogP contribution in [-0.2, 0) is 4.79 Å². The third kappa shape index (κ3) is 4.06. The lowest BCUT2D eigenvalue weighted by Gasteiger charge is -2.37. The highest BCUT2D eigenvalue weighted by Crippen LogP contribution is 2.32. The Bertz CT molecular complexity index is 720. The van der Waals surface area contributed by atoms with Crippen molar-refractivity contribution in [2.75, 3.05) is 42.9 Å². The van der Waals surface area contributed by atoms with Gasteiger partial charge in [-0.25, -0.2) is 4.79 Å². The number of piperidine rings is 1. The van der Waals surface area contributed by atoms with Crippen molar-refractivity contribution in [1.82, 2.24) is 9.80 Å². The van der Waals surface area contributed by atoms with Crippen molar-refractivity contribution in [3.8, 4) is 0 Å². The van der Waals surface area contributed by atoms with Crippen LogP contribution in [0.4, 0.5) is 16.2 Å². The largest absolute Gasteiger partial charge is 0.323 e. The first-order valence-corrected chi connectivity index (χ1v) is 10.4. The number of nitrogens with zero attached hydrogens (tertiary/aromatic N) is 3. The molecule has 6 nitrogen and oxygen atoms in total. The predicted molar refractivity (Wildman–Crippen MR) is 107 cm³/mol. The topological polar surface area (TPSA) is 55.9 Å². The van der Waals surface area contributed by atoms with Crippen LogP contribution in [0.25, 0.3) is 0 Å². The monoisotopic (exact) mass is 390 g/mol. The van der Waals surface area contributed by atoms with E-state index in [1.807, 2.05) is 17.0 Å². The molecule has 3 fully saturated rings. The summed E-state index contributed by atoms with van der Waals surface area (Å²) in [6, 6.07) is 5.80. The second kappa shape index (κ2) is 8.07. The Morgan fingerprint density at radius 2 is 1.89 bits per heavy atom. The quantitative estimate of drug-likeness (QED) is 0.858. The van der Waals surface area contributed by atoms with Gasteiger partial charge in [0.05, 0.1) is 10.7 Å². The number of carbonyl (C=O) groups is 2. The molecule has 3 saturated heterocycles. The summed E-state index contributed by atoms with van der Waals surface area (Å²) in [6.45, 7) is 4.61. The number of anilines is 2. The molecule has 1 N–H and O–H groups in total. The van der Waals surface area contributed by atoms with Gasteiger partial charge in [0.2, 0.25) is 5.91 Å². The summed E-state index contributed by atoms with van der Waals surface area (Å²) in [5.74, 6) is 0.106. The summed E-state index contributed by atoms with van der Waals surface area (Å²) >= 11 is 6.39. The molecule has 0 saturated carbocycles. The number of urea groups is 1. The summed E-state index contributed by atoms with van der Waals surface area (Å²) < 4.78 is 0. The lowest BCUT2D eigenvalue weighted by molar-refractivity contribution is -0.117. The number of hydrogen-bond acceptors (Lipinski definition) is 3. The second-order valence-electron chi connectivity index (χ2n) is 7.73. The molecular weight excluding hydrogens is 364 g/mol. The fraction of sp³-hybridized carbons (Fsp3) is 0.600. The molecule has 3 heterocycles. The standard InChI is InChI=1S/C20H27ClN4O2/c21-17-13-15(7-8-18(17)25-12-4-6-19(25)26)22-20(27)24-11-3-5-16(14-24)23-9-1-2-10-23/h7-8,13,16H,1-6,9-12,14H2,(H,22,27)/t16-/m1/s1. The Morgan fingerprint density at radius 1 is 1.07 bits per heavy atom. The van der Waals surface area contributed by atoms with Gasteiger partial charge in [0.1, 0.15) is 0 Å². The number of benzene rings is 1. The molecule has 0 aromatic heterocycles. The van der Waals surface area contributed by atoms with E-state index in [1.54, 1.807) is 11.0 Å². The maximum Gasteiger partial charge on any atom is 0.321 e. The van der Waals surface area contributed by atoms with Crippen molar-refractivity contribution in [3.05, 3.63) is 23.2 Å². The van der Waals surface area contributed by atoms with Gasteiger partial charge in [-0.05, 0) is 63.4 Å². The van der Waals surface area contributed by atoms with E-state index in [0.717, 1.165) is 44.7 Å². The highest BCUT2D eigenvalue weighted by atomic mass is 35.5. The van der Waals surface area contributed by atoms with Gasteiger partial charge in [0.25, 0.3) is 0 Å². The first kappa shape index (κ1) is 18.6. The maximum atomic E-state index is 12.7. The molecule has 4 rings (SSSR count). The van der Waals surface area contributed by atoms with Crippen LogP contribution in [0.2, 0.25) is 5.02 Å². The Hall–Kier alpha value is -1.79. The number of hydrogen-bond donors (Lipinski definition) is 1. The predicted octanol–water partition coefficient (Wildman–Crippen LogP) is 3.56. The van der Waals surface area contributed by atoms with Crippen LogP contribution in [0.15, 0.2) is 18.2 Å². The molecule has 1 aromatic rings. The molecule has 1 aromatic carbocycles. The van der Waals surface area contributed by atoms with E-state index in [1.165, 1.54) is 19.3 Å². The molecule has 7 heteroatoms. The van der Waals surface area contributed by atoms with Gasteiger partial charge in [0, 0.05) is 37.8 Å². The zero-order valence-electron chi connectivity index (χ0n) is 15.6. The van der Waals surface area contributed by atoms with Gasteiger partial charge >= 0.3 is 6.03 Å². The molecule has 3 amide bonds. The zero-order valence-corrected chi connectivity index (χ0v) is 16.4. The minimum atomic E-state index is -0.0695. The van der Waals surface area contributed by atoms with Crippen LogP contribution in [-0.4, -0.2) is 60.5 Å². The molecule has 0 spiro atoms. The summed E-state index contributed by atoms with van der Waals surface area (Å²) in [5, 5.41) is 3.47. The number of carbonyl (C=O) groups excluding carboxylic acids is 2. The molecule has 3 aliphatic rings. The van der Waals surface area contributed by atoms with Crippen molar-refractivity contribution < 1.29 is 9.59 Å². The van der Waals surface area contributed by atoms with Crippen LogP contribution in [0.1, 0.15) is 38.5 Å². The Kier molecular flexibility index (Phi) is 5.55. The van der Waals surface area contributed by atoms with Crippen molar-refractivity contribution in [1.29, 1.82) is 0 Å². The average Bonchev–Trinajstić information content (AvgIpc) is 3.34. The summed E-state index contributed by atoms with van der Waals surface area (Å²) in [6.07, 6.45) is 6.20. The van der Waals surface area contributed by atoms with E-state index >= 15 is 0 Å². The molecule has 1 atom stereocenters. The van der Waals surface area contributed by atoms with Gasteiger partial charge in [-0.2, -0.15) is 0 Å². The van der Waals surface area contributed by atoms with E-state index in [2.05, 4.69) is 10.2 Å². The molecule has 27 heavy (non-hydrogen) atoms. The van der Waals surface area contributed by atoms with Gasteiger partial charge in [-0.1, -0.05) is 11.6 Å². The van der Waals surface area contributed by atoms with Crippen molar-refractivity contribution >= 4 is 34.9 Å². The van der Waals surface area contributed by atoms with Crippen LogP contribution in [0.5, 0.6) is 0 Å². The van der Waals surface area contributed by atoms with E-state index in [-0.39, 0.29) is 11.9 Å². The molecule has 0 radical (unpaired) electrons. The number of amides is 3. The number of likely N-dealkylation sites (tertiary alicyclic amines) is 2. The molecular formula is C20H27ClN4O2. The lowest BCUT2D eigenvalue weighted by atomic mass is 10.0. The van der Waals surface area contributed by atoms with Crippen LogP contribution >= 0.6 is 11.6 Å². The summed E-state index contributed by atoms with van der Waals surface area (Å²) in [4.78, 5) is 30.8. The van der Waals surface area contributed by atoms with Gasteiger partial charge in [0.15, 0.2) is 0 Å². The van der Waals surface area contributed by atoms with E-state index in [9.17, 15) is 9.59 Å². The summed E-state index contributed by atoms with van der Waals surface area (Å²) in [5.41, 5.74) is 1.40. The maximum absolute atomic E-state index is 12.7. The van der Waals surface area contributed by atoms with Gasteiger partial charge in [-0.15, -0.1) is 0 Å². The highest BCUT2D eigenvalue weighted by Gasteiger charge is 2.29. The number of rotatable bonds is 3. The lowest BCUT2D eigenvalue weighted by Crippen LogP contribution is -2.50. The fourth-order valence-electron chi connectivity index (χ4n) is 4.45. The zero-order chi connectivity index (χ0) is 18.8. The van der Waals surface area contributed by atoms with Crippen LogP contribution in [0, 0.1) is 0 Å². The first-order valence-electron chi connectivity index (χ1n) is 10.0. The third-order valence-corrected chi connectivity index (χ3v) is 6.21. The van der Waals surface area contributed by atoms with Gasteiger partial charge < -0.3 is 15.1 Å². The Morgan fingerprint density at radius 3 is 2.59 bits per heavy atom. The second-order valence-corrected chi connectivity index (χ2v) is 8.14. The number of halogens is 1. The van der Waals surface area contributed by atoms with E-state index < -0.39 is 0 Å². The van der Waals surface area contributed by atoms with Crippen LogP contribution in [0.3, 0.4) is 0 Å². The molecule has 0 aliphatic carbocycles. The van der Waals surface area contributed by atoms with E-state index in [4.69, 9.17) is 11.6 Å². The fourth-order valence-corrected chi connectivity index (χ4v) is 4.74. The van der Waals surface area contributed by atoms with Gasteiger partial charge in [-0.3, -0.25) is 9.69 Å². The minimum Gasteiger partial charge on any atom is -0.323 e.